The minimum absolute atomic E-state index is 0.0140. The fraction of sp³-hybridized carbons (Fsp3) is 0.200. The minimum atomic E-state index is -5.05. The molecule has 0 unspecified atom stereocenters. The van der Waals surface area contributed by atoms with E-state index in [1.807, 2.05) is 5.32 Å². The molecule has 0 bridgehead atoms. The first-order valence-electron chi connectivity index (χ1n) is 7.27. The van der Waals surface area contributed by atoms with Crippen LogP contribution in [0.25, 0.3) is 16.7 Å². The monoisotopic (exact) mass is 385 g/mol. The van der Waals surface area contributed by atoms with E-state index >= 15 is 0 Å². The number of aromatic nitrogens is 4. The van der Waals surface area contributed by atoms with Crippen molar-refractivity contribution < 1.29 is 18.0 Å². The molecule has 7 nitrogen and oxygen atoms in total. The minimum Gasteiger partial charge on any atom is -0.340 e. The Balaban J connectivity index is 2.22. The molecule has 3 rings (SSSR count). The molecule has 1 atom stereocenters. The van der Waals surface area contributed by atoms with Gasteiger partial charge in [-0.3, -0.25) is 9.59 Å². The van der Waals surface area contributed by atoms with Crippen LogP contribution in [0.5, 0.6) is 0 Å². The number of H-pyrrole nitrogens is 1. The van der Waals surface area contributed by atoms with Gasteiger partial charge in [0.15, 0.2) is 0 Å². The van der Waals surface area contributed by atoms with Gasteiger partial charge in [0, 0.05) is 0 Å². The number of hydrogen-bond acceptors (Lipinski definition) is 4. The molecule has 0 aliphatic carbocycles. The van der Waals surface area contributed by atoms with Crippen LogP contribution in [0, 0.1) is 0 Å². The molecule has 26 heavy (non-hydrogen) atoms. The molecule has 2 aromatic heterocycles. The normalized spacial score (nSPS) is 13.0. The molecule has 0 saturated heterocycles. The number of nitrogens with zero attached hydrogens (tertiary/aromatic N) is 3. The summed E-state index contributed by atoms with van der Waals surface area (Å²) in [5, 5.41) is 8.72. The lowest BCUT2D eigenvalue weighted by Crippen LogP contribution is -2.40. The fourth-order valence-corrected chi connectivity index (χ4v) is 2.80. The summed E-state index contributed by atoms with van der Waals surface area (Å²) in [5.74, 6) is -2.13. The van der Waals surface area contributed by atoms with Crippen LogP contribution in [-0.4, -0.2) is 31.8 Å². The van der Waals surface area contributed by atoms with Gasteiger partial charge in [0.1, 0.15) is 6.33 Å². The predicted octanol–water partition coefficient (Wildman–Crippen LogP) is 2.50. The van der Waals surface area contributed by atoms with Gasteiger partial charge >= 0.3 is 12.1 Å². The summed E-state index contributed by atoms with van der Waals surface area (Å²) in [7, 11) is 0. The number of fused-ring (bicyclic) bond motifs is 1. The number of carbonyl (C=O) groups excluding carboxylic acids is 1. The molecule has 0 saturated carbocycles. The zero-order valence-corrected chi connectivity index (χ0v) is 13.9. The van der Waals surface area contributed by atoms with Gasteiger partial charge in [0.05, 0.1) is 22.1 Å². The van der Waals surface area contributed by atoms with E-state index in [1.54, 1.807) is 12.1 Å². The Morgan fingerprint density at radius 2 is 2.12 bits per heavy atom. The van der Waals surface area contributed by atoms with E-state index in [1.165, 1.54) is 19.1 Å². The van der Waals surface area contributed by atoms with Crippen LogP contribution in [0.2, 0.25) is 5.02 Å². The third-order valence-corrected chi connectivity index (χ3v) is 4.00. The standard InChI is InChI=1S/C15H11ClF3N5O2/c1-7(22-13(26)15(17,18)19)10-5-8-3-2-4-9(16)11(8)12(25)24(10)14-20-6-21-23-14/h2-7H,1H3,(H,22,26)(H,20,21,23)/t7-/m0/s1. The van der Waals surface area contributed by atoms with Gasteiger partial charge in [-0.15, -0.1) is 0 Å². The zero-order chi connectivity index (χ0) is 19.1. The highest BCUT2D eigenvalue weighted by atomic mass is 35.5. The second-order valence-electron chi connectivity index (χ2n) is 5.42. The number of amides is 1. The van der Waals surface area contributed by atoms with Crippen molar-refractivity contribution in [2.45, 2.75) is 19.1 Å². The Morgan fingerprint density at radius 3 is 2.73 bits per heavy atom. The van der Waals surface area contributed by atoms with Gasteiger partial charge in [-0.05, 0) is 24.4 Å². The number of halogens is 4. The fourth-order valence-electron chi connectivity index (χ4n) is 2.54. The molecular weight excluding hydrogens is 375 g/mol. The lowest BCUT2D eigenvalue weighted by Gasteiger charge is -2.20. The number of benzene rings is 1. The Labute approximate surface area is 148 Å². The van der Waals surface area contributed by atoms with E-state index in [0.717, 1.165) is 10.9 Å². The summed E-state index contributed by atoms with van der Waals surface area (Å²) < 4.78 is 38.7. The first-order chi connectivity index (χ1) is 12.2. The highest BCUT2D eigenvalue weighted by Gasteiger charge is 2.39. The number of rotatable bonds is 3. The van der Waals surface area contributed by atoms with Crippen molar-refractivity contribution in [3.05, 3.63) is 51.7 Å². The lowest BCUT2D eigenvalue weighted by atomic mass is 10.1. The molecule has 1 amide bonds. The molecule has 2 heterocycles. The zero-order valence-electron chi connectivity index (χ0n) is 13.1. The molecule has 0 radical (unpaired) electrons. The van der Waals surface area contributed by atoms with Crippen molar-refractivity contribution in [1.82, 2.24) is 25.1 Å². The van der Waals surface area contributed by atoms with Gasteiger partial charge in [-0.2, -0.15) is 23.3 Å². The summed E-state index contributed by atoms with van der Waals surface area (Å²) >= 11 is 6.09. The van der Waals surface area contributed by atoms with Crippen LogP contribution in [0.4, 0.5) is 13.2 Å². The largest absolute Gasteiger partial charge is 0.471 e. The van der Waals surface area contributed by atoms with E-state index < -0.39 is 23.7 Å². The Bertz CT molecular complexity index is 1030. The number of carbonyl (C=O) groups is 1. The van der Waals surface area contributed by atoms with E-state index in [9.17, 15) is 22.8 Å². The topological polar surface area (TPSA) is 92.7 Å². The molecule has 136 valence electrons. The van der Waals surface area contributed by atoms with Crippen LogP contribution in [0.15, 0.2) is 35.4 Å². The first-order valence-corrected chi connectivity index (χ1v) is 7.65. The van der Waals surface area contributed by atoms with Crippen molar-refractivity contribution in [2.24, 2.45) is 0 Å². The van der Waals surface area contributed by atoms with Crippen molar-refractivity contribution in [3.63, 3.8) is 0 Å². The summed E-state index contributed by atoms with van der Waals surface area (Å²) in [6, 6.07) is 5.03. The third-order valence-electron chi connectivity index (χ3n) is 3.69. The number of aromatic amines is 1. The van der Waals surface area contributed by atoms with Crippen LogP contribution < -0.4 is 10.9 Å². The number of pyridine rings is 1. The van der Waals surface area contributed by atoms with E-state index in [4.69, 9.17) is 11.6 Å². The SMILES string of the molecule is C[C@H](NC(=O)C(F)(F)F)c1cc2cccc(Cl)c2c(=O)n1-c1ncn[nH]1. The summed E-state index contributed by atoms with van der Waals surface area (Å²) in [6.45, 7) is 1.32. The molecule has 2 N–H and O–H groups in total. The molecule has 0 aliphatic rings. The van der Waals surface area contributed by atoms with Gasteiger partial charge < -0.3 is 5.32 Å². The molecule has 0 spiro atoms. The van der Waals surface area contributed by atoms with Gasteiger partial charge in [-0.25, -0.2) is 9.67 Å². The first kappa shape index (κ1) is 17.9. The number of hydrogen-bond donors (Lipinski definition) is 2. The maximum atomic E-state index is 12.9. The van der Waals surface area contributed by atoms with Crippen LogP contribution in [-0.2, 0) is 4.79 Å². The Hall–Kier alpha value is -2.88. The van der Waals surface area contributed by atoms with Crippen molar-refractivity contribution in [1.29, 1.82) is 0 Å². The van der Waals surface area contributed by atoms with E-state index in [2.05, 4.69) is 15.2 Å². The van der Waals surface area contributed by atoms with E-state index in [0.29, 0.717) is 5.39 Å². The Morgan fingerprint density at radius 1 is 1.38 bits per heavy atom. The van der Waals surface area contributed by atoms with Crippen LogP contribution in [0.1, 0.15) is 18.7 Å². The molecular formula is C15H11ClF3N5O2. The quantitative estimate of drug-likeness (QED) is 0.724. The second-order valence-corrected chi connectivity index (χ2v) is 5.82. The summed E-state index contributed by atoms with van der Waals surface area (Å²) in [6.07, 6.45) is -3.91. The van der Waals surface area contributed by atoms with E-state index in [-0.39, 0.29) is 22.1 Å². The van der Waals surface area contributed by atoms with Gasteiger partial charge in [0.25, 0.3) is 5.56 Å². The highest BCUT2D eigenvalue weighted by Crippen LogP contribution is 2.25. The molecule has 11 heteroatoms. The highest BCUT2D eigenvalue weighted by molar-refractivity contribution is 6.35. The van der Waals surface area contributed by atoms with Gasteiger partial charge in [-0.1, -0.05) is 23.7 Å². The maximum absolute atomic E-state index is 12.9. The Kier molecular flexibility index (Phi) is 4.45. The molecule has 1 aromatic carbocycles. The average Bonchev–Trinajstić information content (AvgIpc) is 3.07. The molecule has 0 aliphatic heterocycles. The summed E-state index contributed by atoms with van der Waals surface area (Å²) in [5.41, 5.74) is -0.521. The third kappa shape index (κ3) is 3.15. The molecule has 0 fully saturated rings. The predicted molar refractivity (Wildman–Crippen MR) is 87.1 cm³/mol. The smallest absolute Gasteiger partial charge is 0.340 e. The van der Waals surface area contributed by atoms with Crippen molar-refractivity contribution >= 4 is 28.3 Å². The van der Waals surface area contributed by atoms with Crippen molar-refractivity contribution in [2.75, 3.05) is 0 Å². The maximum Gasteiger partial charge on any atom is 0.471 e. The second kappa shape index (κ2) is 6.45. The average molecular weight is 386 g/mol. The lowest BCUT2D eigenvalue weighted by molar-refractivity contribution is -0.174. The number of nitrogens with one attached hydrogen (secondary N) is 2. The summed E-state index contributed by atoms with van der Waals surface area (Å²) in [4.78, 5) is 28.1. The molecule has 3 aromatic rings. The number of alkyl halides is 3. The van der Waals surface area contributed by atoms with Crippen LogP contribution in [0.3, 0.4) is 0 Å². The van der Waals surface area contributed by atoms with Crippen molar-refractivity contribution in [3.8, 4) is 5.95 Å². The van der Waals surface area contributed by atoms with Crippen LogP contribution >= 0.6 is 11.6 Å². The van der Waals surface area contributed by atoms with Gasteiger partial charge in [0.2, 0.25) is 5.95 Å².